The smallest absolute Gasteiger partial charge is 0.308 e. The highest BCUT2D eigenvalue weighted by molar-refractivity contribution is 5.91. The van der Waals surface area contributed by atoms with Crippen molar-refractivity contribution in [2.24, 2.45) is 5.92 Å². The molecular formula is C14H16N2O2. The Morgan fingerprint density at radius 3 is 2.83 bits per heavy atom. The fourth-order valence-corrected chi connectivity index (χ4v) is 2.00. The highest BCUT2D eigenvalue weighted by atomic mass is 16.4. The number of benzene rings is 1. The molecule has 0 aliphatic heterocycles. The molecule has 1 aromatic heterocycles. The van der Waals surface area contributed by atoms with Gasteiger partial charge in [-0.25, -0.2) is 0 Å². The van der Waals surface area contributed by atoms with Crippen LogP contribution in [0, 0.1) is 5.92 Å². The maximum atomic E-state index is 10.9. The van der Waals surface area contributed by atoms with Gasteiger partial charge < -0.3 is 10.0 Å². The number of anilines is 1. The number of rotatable bonds is 4. The lowest BCUT2D eigenvalue weighted by atomic mass is 10.1. The third-order valence-corrected chi connectivity index (χ3v) is 3.01. The lowest BCUT2D eigenvalue weighted by molar-refractivity contribution is -0.140. The van der Waals surface area contributed by atoms with Gasteiger partial charge in [0.2, 0.25) is 0 Å². The number of nitrogens with zero attached hydrogens (tertiary/aromatic N) is 2. The summed E-state index contributed by atoms with van der Waals surface area (Å²) in [5, 5.41) is 9.99. The summed E-state index contributed by atoms with van der Waals surface area (Å²) in [7, 11) is 1.90. The van der Waals surface area contributed by atoms with Crippen LogP contribution in [-0.4, -0.2) is 29.7 Å². The fraction of sp³-hybridized carbons (Fsp3) is 0.286. The molecule has 1 heterocycles. The summed E-state index contributed by atoms with van der Waals surface area (Å²) in [5.41, 5.74) is 1.93. The Bertz CT molecular complexity index is 563. The van der Waals surface area contributed by atoms with Crippen molar-refractivity contribution in [1.82, 2.24) is 4.98 Å². The van der Waals surface area contributed by atoms with E-state index < -0.39 is 11.9 Å². The molecule has 94 valence electrons. The van der Waals surface area contributed by atoms with Crippen molar-refractivity contribution in [3.8, 4) is 0 Å². The molecule has 0 saturated heterocycles. The van der Waals surface area contributed by atoms with Crippen LogP contribution in [0.4, 0.5) is 5.69 Å². The number of carboxylic acid groups (broad SMARTS) is 1. The summed E-state index contributed by atoms with van der Waals surface area (Å²) in [6.07, 6.45) is 1.75. The first-order valence-electron chi connectivity index (χ1n) is 5.87. The Kier molecular flexibility index (Phi) is 3.46. The van der Waals surface area contributed by atoms with Crippen LogP contribution in [0.2, 0.25) is 0 Å². The zero-order chi connectivity index (χ0) is 13.1. The zero-order valence-corrected chi connectivity index (χ0v) is 10.5. The second-order valence-electron chi connectivity index (χ2n) is 4.47. The van der Waals surface area contributed by atoms with Gasteiger partial charge in [0.1, 0.15) is 0 Å². The summed E-state index contributed by atoms with van der Waals surface area (Å²) in [6.45, 7) is 2.19. The average Bonchev–Trinajstić information content (AvgIpc) is 2.37. The van der Waals surface area contributed by atoms with Crippen LogP contribution in [0.25, 0.3) is 10.9 Å². The van der Waals surface area contributed by atoms with Crippen LogP contribution in [0.15, 0.2) is 36.5 Å². The first-order chi connectivity index (χ1) is 8.59. The van der Waals surface area contributed by atoms with E-state index in [1.807, 2.05) is 42.3 Å². The number of carbonyl (C=O) groups is 1. The Morgan fingerprint density at radius 2 is 2.11 bits per heavy atom. The third kappa shape index (κ3) is 2.42. The van der Waals surface area contributed by atoms with Crippen LogP contribution >= 0.6 is 0 Å². The van der Waals surface area contributed by atoms with Crippen molar-refractivity contribution >= 4 is 22.6 Å². The van der Waals surface area contributed by atoms with Gasteiger partial charge in [0, 0.05) is 30.9 Å². The molecule has 0 saturated carbocycles. The highest BCUT2D eigenvalue weighted by Gasteiger charge is 2.15. The standard InChI is InChI=1S/C14H16N2O2/c1-10(14(17)18)9-16(2)13-7-8-15-12-6-4-3-5-11(12)13/h3-8,10H,9H2,1-2H3,(H,17,18). The number of para-hydroxylation sites is 1. The minimum Gasteiger partial charge on any atom is -0.481 e. The van der Waals surface area contributed by atoms with Gasteiger partial charge in [0.15, 0.2) is 0 Å². The van der Waals surface area contributed by atoms with Crippen molar-refractivity contribution in [2.45, 2.75) is 6.92 Å². The molecule has 0 spiro atoms. The lowest BCUT2D eigenvalue weighted by Gasteiger charge is -2.22. The third-order valence-electron chi connectivity index (χ3n) is 3.01. The monoisotopic (exact) mass is 244 g/mol. The number of aromatic nitrogens is 1. The normalized spacial score (nSPS) is 12.3. The Morgan fingerprint density at radius 1 is 1.39 bits per heavy atom. The molecule has 4 heteroatoms. The minimum absolute atomic E-state index is 0.401. The van der Waals surface area contributed by atoms with Gasteiger partial charge in [-0.1, -0.05) is 25.1 Å². The maximum Gasteiger partial charge on any atom is 0.308 e. The van der Waals surface area contributed by atoms with E-state index in [2.05, 4.69) is 4.98 Å². The first kappa shape index (κ1) is 12.4. The molecule has 2 aromatic rings. The lowest BCUT2D eigenvalue weighted by Crippen LogP contribution is -2.28. The Balaban J connectivity index is 2.33. The van der Waals surface area contributed by atoms with Gasteiger partial charge >= 0.3 is 5.97 Å². The minimum atomic E-state index is -0.778. The number of carboxylic acids is 1. The van der Waals surface area contributed by atoms with Gasteiger partial charge in [0.05, 0.1) is 11.4 Å². The van der Waals surface area contributed by atoms with Gasteiger partial charge in [-0.05, 0) is 12.1 Å². The molecule has 18 heavy (non-hydrogen) atoms. The van der Waals surface area contributed by atoms with E-state index in [9.17, 15) is 4.79 Å². The second-order valence-corrected chi connectivity index (χ2v) is 4.47. The summed E-state index contributed by atoms with van der Waals surface area (Å²) >= 11 is 0. The molecule has 1 aromatic carbocycles. The number of hydrogen-bond donors (Lipinski definition) is 1. The van der Waals surface area contributed by atoms with E-state index in [0.29, 0.717) is 6.54 Å². The van der Waals surface area contributed by atoms with E-state index in [1.54, 1.807) is 13.1 Å². The Hall–Kier alpha value is -2.10. The second kappa shape index (κ2) is 5.04. The first-order valence-corrected chi connectivity index (χ1v) is 5.87. The molecule has 0 bridgehead atoms. The van der Waals surface area contributed by atoms with Crippen molar-refractivity contribution in [1.29, 1.82) is 0 Å². The summed E-state index contributed by atoms with van der Waals surface area (Å²) in [6, 6.07) is 9.77. The molecule has 0 fully saturated rings. The fourth-order valence-electron chi connectivity index (χ4n) is 2.00. The molecular weight excluding hydrogens is 228 g/mol. The van der Waals surface area contributed by atoms with Crippen LogP contribution in [0.3, 0.4) is 0 Å². The molecule has 4 nitrogen and oxygen atoms in total. The average molecular weight is 244 g/mol. The van der Waals surface area contributed by atoms with E-state index in [-0.39, 0.29) is 0 Å². The maximum absolute atomic E-state index is 10.9. The molecule has 0 aliphatic carbocycles. The van der Waals surface area contributed by atoms with E-state index in [4.69, 9.17) is 5.11 Å². The number of hydrogen-bond acceptors (Lipinski definition) is 3. The summed E-state index contributed by atoms with van der Waals surface area (Å²) < 4.78 is 0. The predicted molar refractivity (Wildman–Crippen MR) is 71.8 cm³/mol. The molecule has 0 radical (unpaired) electrons. The number of fused-ring (bicyclic) bond motifs is 1. The molecule has 2 rings (SSSR count). The van der Waals surface area contributed by atoms with Crippen molar-refractivity contribution in [3.05, 3.63) is 36.5 Å². The van der Waals surface area contributed by atoms with Gasteiger partial charge in [-0.15, -0.1) is 0 Å². The van der Waals surface area contributed by atoms with E-state index >= 15 is 0 Å². The predicted octanol–water partition coefficient (Wildman–Crippen LogP) is 2.39. The molecule has 1 unspecified atom stereocenters. The van der Waals surface area contributed by atoms with E-state index in [1.165, 1.54) is 0 Å². The zero-order valence-electron chi connectivity index (χ0n) is 10.5. The summed E-state index contributed by atoms with van der Waals surface area (Å²) in [5.74, 6) is -1.18. The van der Waals surface area contributed by atoms with Gasteiger partial charge in [0.25, 0.3) is 0 Å². The van der Waals surface area contributed by atoms with Gasteiger partial charge in [-0.3, -0.25) is 9.78 Å². The largest absolute Gasteiger partial charge is 0.481 e. The van der Waals surface area contributed by atoms with Crippen molar-refractivity contribution < 1.29 is 9.90 Å². The van der Waals surface area contributed by atoms with Crippen molar-refractivity contribution in [3.63, 3.8) is 0 Å². The number of aliphatic carboxylic acids is 1. The van der Waals surface area contributed by atoms with Crippen LogP contribution < -0.4 is 4.90 Å². The van der Waals surface area contributed by atoms with Crippen LogP contribution in [0.5, 0.6) is 0 Å². The topological polar surface area (TPSA) is 53.4 Å². The van der Waals surface area contributed by atoms with Crippen LogP contribution in [-0.2, 0) is 4.79 Å². The molecule has 1 N–H and O–H groups in total. The summed E-state index contributed by atoms with van der Waals surface area (Å²) in [4.78, 5) is 17.1. The van der Waals surface area contributed by atoms with Crippen LogP contribution in [0.1, 0.15) is 6.92 Å². The molecule has 0 amide bonds. The van der Waals surface area contributed by atoms with Crippen molar-refractivity contribution in [2.75, 3.05) is 18.5 Å². The quantitative estimate of drug-likeness (QED) is 0.897. The molecule has 1 atom stereocenters. The van der Waals surface area contributed by atoms with E-state index in [0.717, 1.165) is 16.6 Å². The Labute approximate surface area is 106 Å². The van der Waals surface area contributed by atoms with Gasteiger partial charge in [-0.2, -0.15) is 0 Å². The highest BCUT2D eigenvalue weighted by Crippen LogP contribution is 2.24. The SMILES string of the molecule is CC(CN(C)c1ccnc2ccccc12)C(=O)O. The molecule has 0 aliphatic rings. The number of pyridine rings is 1.